The summed E-state index contributed by atoms with van der Waals surface area (Å²) in [6, 6.07) is 23.4. The Kier molecular flexibility index (Phi) is 9.79. The third-order valence-electron chi connectivity index (χ3n) is 5.75. The first-order chi connectivity index (χ1) is 15.8. The van der Waals surface area contributed by atoms with Crippen LogP contribution in [0.2, 0.25) is 0 Å². The monoisotopic (exact) mass is 433 g/mol. The van der Waals surface area contributed by atoms with Crippen LogP contribution in [0.15, 0.2) is 66.7 Å². The molecule has 1 aromatic heterocycles. The summed E-state index contributed by atoms with van der Waals surface area (Å²) in [5.41, 5.74) is 4.89. The van der Waals surface area contributed by atoms with Crippen molar-refractivity contribution in [2.45, 2.75) is 40.2 Å². The maximum Gasteiger partial charge on any atom is 0.0769 e. The van der Waals surface area contributed by atoms with Crippen LogP contribution in [0.1, 0.15) is 38.6 Å². The minimum Gasteiger partial charge on any atom is -0.369 e. The first-order valence-electron chi connectivity index (χ1n) is 12.2. The number of hydrogen-bond donors (Lipinski definition) is 1. The van der Waals surface area contributed by atoms with Crippen molar-refractivity contribution in [3.8, 4) is 5.69 Å². The first kappa shape index (κ1) is 24.0. The molecule has 1 aliphatic heterocycles. The van der Waals surface area contributed by atoms with Gasteiger partial charge in [-0.25, -0.2) is 4.68 Å². The Morgan fingerprint density at radius 2 is 1.47 bits per heavy atom. The van der Waals surface area contributed by atoms with Gasteiger partial charge in [-0.2, -0.15) is 5.10 Å². The van der Waals surface area contributed by atoms with Crippen LogP contribution in [0.5, 0.6) is 0 Å². The predicted octanol–water partition coefficient (Wildman–Crippen LogP) is 4.76. The third-order valence-corrected chi connectivity index (χ3v) is 5.75. The number of piperazine rings is 1. The molecule has 0 spiro atoms. The zero-order valence-electron chi connectivity index (χ0n) is 20.0. The van der Waals surface area contributed by atoms with Crippen LogP contribution in [0.4, 0.5) is 5.69 Å². The number of anilines is 1. The molecular weight excluding hydrogens is 394 g/mol. The fraction of sp³-hybridized carbons (Fsp3) is 0.444. The number of benzene rings is 2. The summed E-state index contributed by atoms with van der Waals surface area (Å²) in [5.74, 6) is 0. The van der Waals surface area contributed by atoms with E-state index in [1.165, 1.54) is 11.4 Å². The summed E-state index contributed by atoms with van der Waals surface area (Å²) >= 11 is 0. The third kappa shape index (κ3) is 6.68. The standard InChI is InChI=1S/C25H33N5.C2H6/c1-2-9-25-20-22(27-30(25)24-12-7-4-8-13-24)21-26-14-15-28-16-18-29(19-17-28)23-10-5-3-6-11-23;1-2/h3-8,10-13,20,26H,2,9,14-19,21H2,1H3;1-2H3. The molecule has 1 saturated heterocycles. The number of rotatable bonds is 9. The highest BCUT2D eigenvalue weighted by Crippen LogP contribution is 2.16. The van der Waals surface area contributed by atoms with Crippen LogP contribution in [0, 0.1) is 0 Å². The molecule has 0 amide bonds. The summed E-state index contributed by atoms with van der Waals surface area (Å²) in [6.45, 7) is 13.6. The Labute approximate surface area is 194 Å². The van der Waals surface area contributed by atoms with E-state index in [1.807, 2.05) is 13.8 Å². The Hall–Kier alpha value is -2.63. The van der Waals surface area contributed by atoms with Crippen LogP contribution < -0.4 is 10.2 Å². The number of nitrogens with one attached hydrogen (secondary N) is 1. The highest BCUT2D eigenvalue weighted by atomic mass is 15.3. The molecule has 0 unspecified atom stereocenters. The first-order valence-corrected chi connectivity index (χ1v) is 12.2. The molecule has 3 aromatic rings. The van der Waals surface area contributed by atoms with E-state index in [2.05, 4.69) is 93.5 Å². The summed E-state index contributed by atoms with van der Waals surface area (Å²) in [7, 11) is 0. The van der Waals surface area contributed by atoms with Gasteiger partial charge in [-0.3, -0.25) is 4.90 Å². The number of hydrogen-bond acceptors (Lipinski definition) is 4. The summed E-state index contributed by atoms with van der Waals surface area (Å²) in [6.07, 6.45) is 2.17. The fourth-order valence-corrected chi connectivity index (χ4v) is 4.11. The highest BCUT2D eigenvalue weighted by molar-refractivity contribution is 5.46. The molecule has 2 aromatic carbocycles. The van der Waals surface area contributed by atoms with E-state index in [1.54, 1.807) is 0 Å². The fourth-order valence-electron chi connectivity index (χ4n) is 4.11. The maximum absolute atomic E-state index is 4.86. The minimum atomic E-state index is 0.820. The number of para-hydroxylation sites is 2. The van der Waals surface area contributed by atoms with E-state index in [0.29, 0.717) is 0 Å². The molecule has 0 saturated carbocycles. The van der Waals surface area contributed by atoms with Gasteiger partial charge in [0.15, 0.2) is 0 Å². The quantitative estimate of drug-likeness (QED) is 0.494. The van der Waals surface area contributed by atoms with Gasteiger partial charge in [-0.05, 0) is 36.8 Å². The molecule has 0 radical (unpaired) electrons. The molecule has 32 heavy (non-hydrogen) atoms. The summed E-state index contributed by atoms with van der Waals surface area (Å²) < 4.78 is 2.10. The van der Waals surface area contributed by atoms with E-state index >= 15 is 0 Å². The van der Waals surface area contributed by atoms with Gasteiger partial charge in [0.05, 0.1) is 11.4 Å². The van der Waals surface area contributed by atoms with Gasteiger partial charge < -0.3 is 10.2 Å². The lowest BCUT2D eigenvalue weighted by Crippen LogP contribution is -2.48. The van der Waals surface area contributed by atoms with Crippen LogP contribution in [-0.2, 0) is 13.0 Å². The predicted molar refractivity (Wildman–Crippen MR) is 136 cm³/mol. The van der Waals surface area contributed by atoms with Crippen LogP contribution in [-0.4, -0.2) is 53.9 Å². The maximum atomic E-state index is 4.86. The molecule has 0 atom stereocenters. The Bertz CT molecular complexity index is 883. The molecule has 2 heterocycles. The van der Waals surface area contributed by atoms with Crippen molar-refractivity contribution in [3.05, 3.63) is 78.1 Å². The van der Waals surface area contributed by atoms with Gasteiger partial charge in [0.1, 0.15) is 0 Å². The second-order valence-electron chi connectivity index (χ2n) is 7.97. The average molecular weight is 434 g/mol. The molecule has 5 heteroatoms. The van der Waals surface area contributed by atoms with Crippen molar-refractivity contribution in [1.29, 1.82) is 0 Å². The zero-order chi connectivity index (χ0) is 22.6. The Morgan fingerprint density at radius 1 is 0.844 bits per heavy atom. The van der Waals surface area contributed by atoms with Crippen LogP contribution in [0.25, 0.3) is 5.69 Å². The SMILES string of the molecule is CC.CCCc1cc(CNCCN2CCN(c3ccccc3)CC2)nn1-c1ccccc1. The van der Waals surface area contributed by atoms with Gasteiger partial charge in [0, 0.05) is 57.2 Å². The Balaban J connectivity index is 0.00000141. The van der Waals surface area contributed by atoms with Crippen molar-refractivity contribution in [1.82, 2.24) is 20.0 Å². The van der Waals surface area contributed by atoms with Crippen molar-refractivity contribution in [2.24, 2.45) is 0 Å². The van der Waals surface area contributed by atoms with Crippen molar-refractivity contribution >= 4 is 5.69 Å². The normalized spacial score (nSPS) is 14.2. The lowest BCUT2D eigenvalue weighted by Gasteiger charge is -2.36. The number of aryl methyl sites for hydroxylation is 1. The molecular formula is C27H39N5. The van der Waals surface area contributed by atoms with Gasteiger partial charge in [-0.1, -0.05) is 63.6 Å². The second kappa shape index (κ2) is 13.0. The van der Waals surface area contributed by atoms with Gasteiger partial charge >= 0.3 is 0 Å². The highest BCUT2D eigenvalue weighted by Gasteiger charge is 2.16. The van der Waals surface area contributed by atoms with E-state index in [0.717, 1.165) is 70.0 Å². The van der Waals surface area contributed by atoms with Crippen molar-refractivity contribution in [2.75, 3.05) is 44.2 Å². The Morgan fingerprint density at radius 3 is 2.09 bits per heavy atom. The van der Waals surface area contributed by atoms with Gasteiger partial charge in [0.25, 0.3) is 0 Å². The molecule has 0 bridgehead atoms. The molecule has 172 valence electrons. The van der Waals surface area contributed by atoms with Gasteiger partial charge in [0.2, 0.25) is 0 Å². The van der Waals surface area contributed by atoms with E-state index in [-0.39, 0.29) is 0 Å². The van der Waals surface area contributed by atoms with Crippen molar-refractivity contribution in [3.63, 3.8) is 0 Å². The molecule has 4 rings (SSSR count). The summed E-state index contributed by atoms with van der Waals surface area (Å²) in [4.78, 5) is 5.03. The van der Waals surface area contributed by atoms with Gasteiger partial charge in [-0.15, -0.1) is 0 Å². The minimum absolute atomic E-state index is 0.820. The second-order valence-corrected chi connectivity index (χ2v) is 7.97. The molecule has 1 N–H and O–H groups in total. The topological polar surface area (TPSA) is 36.3 Å². The average Bonchev–Trinajstić information content (AvgIpc) is 3.27. The molecule has 0 aliphatic carbocycles. The van der Waals surface area contributed by atoms with E-state index in [9.17, 15) is 0 Å². The van der Waals surface area contributed by atoms with Crippen LogP contribution >= 0.6 is 0 Å². The van der Waals surface area contributed by atoms with E-state index in [4.69, 9.17) is 5.10 Å². The van der Waals surface area contributed by atoms with Crippen molar-refractivity contribution < 1.29 is 0 Å². The smallest absolute Gasteiger partial charge is 0.0769 e. The molecule has 1 aliphatic rings. The lowest BCUT2D eigenvalue weighted by atomic mass is 10.2. The van der Waals surface area contributed by atoms with E-state index < -0.39 is 0 Å². The molecule has 5 nitrogen and oxygen atoms in total. The number of aromatic nitrogens is 2. The molecule has 1 fully saturated rings. The van der Waals surface area contributed by atoms with Crippen LogP contribution in [0.3, 0.4) is 0 Å². The zero-order valence-corrected chi connectivity index (χ0v) is 20.0. The number of nitrogens with zero attached hydrogens (tertiary/aromatic N) is 4. The largest absolute Gasteiger partial charge is 0.369 e. The summed E-state index contributed by atoms with van der Waals surface area (Å²) in [5, 5.41) is 8.46. The lowest BCUT2D eigenvalue weighted by molar-refractivity contribution is 0.257.